The first kappa shape index (κ1) is 21.5. The first-order chi connectivity index (χ1) is 15.2. The molecule has 5 nitrogen and oxygen atoms in total. The number of nitrogens with zero attached hydrogens (tertiary/aromatic N) is 2. The second-order valence-electron chi connectivity index (χ2n) is 7.93. The van der Waals surface area contributed by atoms with Crippen LogP contribution in [0, 0.1) is 0 Å². The van der Waals surface area contributed by atoms with Crippen molar-refractivity contribution >= 4 is 28.2 Å². The lowest BCUT2D eigenvalue weighted by atomic mass is 9.96. The summed E-state index contributed by atoms with van der Waals surface area (Å²) in [7, 11) is 0. The monoisotopic (exact) mass is 435 g/mol. The maximum absolute atomic E-state index is 12.1. The predicted molar refractivity (Wildman–Crippen MR) is 127 cm³/mol. The van der Waals surface area contributed by atoms with Gasteiger partial charge in [-0.25, -0.2) is 9.78 Å². The number of carbonyl (C=O) groups excluding carboxylic acids is 1. The number of nitrogens with one attached hydrogen (secondary N) is 1. The van der Waals surface area contributed by atoms with E-state index in [4.69, 9.17) is 4.74 Å². The van der Waals surface area contributed by atoms with Crippen molar-refractivity contribution in [2.45, 2.75) is 38.1 Å². The smallest absolute Gasteiger partial charge is 0.410 e. The van der Waals surface area contributed by atoms with Crippen LogP contribution in [0.1, 0.15) is 29.8 Å². The van der Waals surface area contributed by atoms with Gasteiger partial charge in [-0.2, -0.15) is 0 Å². The van der Waals surface area contributed by atoms with E-state index >= 15 is 0 Å². The number of ether oxygens (including phenoxy) is 1. The fourth-order valence-electron chi connectivity index (χ4n) is 4.19. The molecule has 4 rings (SSSR count). The minimum absolute atomic E-state index is 0.400. The molecule has 1 aromatic heterocycles. The lowest BCUT2D eigenvalue weighted by molar-refractivity contribution is 0.192. The normalized spacial score (nSPS) is 15.6. The van der Waals surface area contributed by atoms with E-state index in [1.54, 1.807) is 11.3 Å². The van der Waals surface area contributed by atoms with Gasteiger partial charge in [0.1, 0.15) is 5.75 Å². The Kier molecular flexibility index (Phi) is 7.33. The SMILES string of the molecule is C=CCN(CCCCNC(=O)Oc1ccc2ccccc2c1)C1CCc2ncsc2C1. The molecule has 0 bridgehead atoms. The van der Waals surface area contributed by atoms with E-state index in [2.05, 4.69) is 21.8 Å². The molecule has 162 valence electrons. The average Bonchev–Trinajstić information content (AvgIpc) is 3.26. The highest BCUT2D eigenvalue weighted by Crippen LogP contribution is 2.27. The number of thiazole rings is 1. The molecule has 6 heteroatoms. The molecule has 1 unspecified atom stereocenters. The minimum Gasteiger partial charge on any atom is -0.410 e. The Hall–Kier alpha value is -2.70. The molecule has 1 atom stereocenters. The zero-order valence-corrected chi connectivity index (χ0v) is 18.6. The van der Waals surface area contributed by atoms with Crippen molar-refractivity contribution < 1.29 is 9.53 Å². The van der Waals surface area contributed by atoms with Gasteiger partial charge in [0.2, 0.25) is 0 Å². The lowest BCUT2D eigenvalue weighted by Gasteiger charge is -2.33. The van der Waals surface area contributed by atoms with E-state index in [0.717, 1.165) is 56.0 Å². The third kappa shape index (κ3) is 5.71. The molecule has 0 saturated carbocycles. The second-order valence-corrected chi connectivity index (χ2v) is 8.87. The second kappa shape index (κ2) is 10.6. The third-order valence-electron chi connectivity index (χ3n) is 5.81. The molecular formula is C25H29N3O2S. The highest BCUT2D eigenvalue weighted by Gasteiger charge is 2.25. The molecule has 31 heavy (non-hydrogen) atoms. The topological polar surface area (TPSA) is 54.5 Å². The zero-order chi connectivity index (χ0) is 21.5. The predicted octanol–water partition coefficient (Wildman–Crippen LogP) is 5.21. The number of hydrogen-bond donors (Lipinski definition) is 1. The van der Waals surface area contributed by atoms with E-state index in [9.17, 15) is 4.79 Å². The molecule has 0 aliphatic heterocycles. The van der Waals surface area contributed by atoms with Crippen LogP contribution in [0.15, 0.2) is 60.6 Å². The molecular weight excluding hydrogens is 406 g/mol. The van der Waals surface area contributed by atoms with Crippen LogP contribution in [0.25, 0.3) is 10.8 Å². The van der Waals surface area contributed by atoms with Gasteiger partial charge in [0.05, 0.1) is 11.2 Å². The van der Waals surface area contributed by atoms with Crippen LogP contribution in [-0.2, 0) is 12.8 Å². The van der Waals surface area contributed by atoms with Crippen molar-refractivity contribution in [3.8, 4) is 5.75 Å². The van der Waals surface area contributed by atoms with Crippen molar-refractivity contribution in [3.05, 3.63) is 71.2 Å². The van der Waals surface area contributed by atoms with Gasteiger partial charge in [0.25, 0.3) is 0 Å². The summed E-state index contributed by atoms with van der Waals surface area (Å²) in [5, 5.41) is 5.05. The Balaban J connectivity index is 1.18. The number of aryl methyl sites for hydroxylation is 1. The Morgan fingerprint density at radius 3 is 3.00 bits per heavy atom. The maximum atomic E-state index is 12.1. The van der Waals surface area contributed by atoms with Crippen molar-refractivity contribution in [1.82, 2.24) is 15.2 Å². The number of hydrogen-bond acceptors (Lipinski definition) is 5. The highest BCUT2D eigenvalue weighted by molar-refractivity contribution is 7.09. The molecule has 1 aliphatic carbocycles. The van der Waals surface area contributed by atoms with Crippen molar-refractivity contribution in [2.75, 3.05) is 19.6 Å². The van der Waals surface area contributed by atoms with Crippen LogP contribution in [0.5, 0.6) is 5.75 Å². The van der Waals surface area contributed by atoms with E-state index in [1.165, 1.54) is 10.6 Å². The number of rotatable bonds is 9. The first-order valence-corrected chi connectivity index (χ1v) is 11.8. The molecule has 1 heterocycles. The number of unbranched alkanes of at least 4 members (excludes halogenated alkanes) is 1. The van der Waals surface area contributed by atoms with Crippen LogP contribution >= 0.6 is 11.3 Å². The van der Waals surface area contributed by atoms with Gasteiger partial charge in [-0.3, -0.25) is 4.90 Å². The molecule has 2 aromatic carbocycles. The summed E-state index contributed by atoms with van der Waals surface area (Å²) in [6.45, 7) is 6.45. The third-order valence-corrected chi connectivity index (χ3v) is 6.71. The number of aromatic nitrogens is 1. The van der Waals surface area contributed by atoms with Gasteiger partial charge < -0.3 is 10.1 Å². The quantitative estimate of drug-likeness (QED) is 0.370. The first-order valence-electron chi connectivity index (χ1n) is 10.9. The van der Waals surface area contributed by atoms with E-state index in [1.807, 2.05) is 54.1 Å². The summed E-state index contributed by atoms with van der Waals surface area (Å²) in [5.74, 6) is 0.563. The maximum Gasteiger partial charge on any atom is 0.412 e. The molecule has 1 aliphatic rings. The van der Waals surface area contributed by atoms with Crippen LogP contribution in [0.3, 0.4) is 0 Å². The molecule has 0 radical (unpaired) electrons. The van der Waals surface area contributed by atoms with Crippen LogP contribution in [0.2, 0.25) is 0 Å². The summed E-state index contributed by atoms with van der Waals surface area (Å²) in [4.78, 5) is 20.5. The summed E-state index contributed by atoms with van der Waals surface area (Å²) in [5.41, 5.74) is 3.25. The van der Waals surface area contributed by atoms with Crippen molar-refractivity contribution in [1.29, 1.82) is 0 Å². The van der Waals surface area contributed by atoms with Crippen LogP contribution < -0.4 is 10.1 Å². The number of benzene rings is 2. The standard InChI is InChI=1S/C25H29N3O2S/c1-2-14-28(21-10-12-23-24(17-21)31-18-27-23)15-6-5-13-26-25(29)30-22-11-9-19-7-3-4-8-20(19)16-22/h2-4,7-9,11,16,18,21H,1,5-6,10,12-15,17H2,(H,26,29). The fraction of sp³-hybridized carbons (Fsp3) is 0.360. The Morgan fingerprint density at radius 2 is 2.13 bits per heavy atom. The average molecular weight is 436 g/mol. The fourth-order valence-corrected chi connectivity index (χ4v) is 5.07. The summed E-state index contributed by atoms with van der Waals surface area (Å²) in [6.07, 6.45) is 6.84. The molecule has 0 saturated heterocycles. The molecule has 0 spiro atoms. The van der Waals surface area contributed by atoms with Gasteiger partial charge in [0.15, 0.2) is 0 Å². The highest BCUT2D eigenvalue weighted by atomic mass is 32.1. The Labute approximate surface area is 187 Å². The van der Waals surface area contributed by atoms with E-state index < -0.39 is 6.09 Å². The number of carbonyl (C=O) groups is 1. The minimum atomic E-state index is -0.400. The van der Waals surface area contributed by atoms with Gasteiger partial charge in [-0.05, 0) is 61.6 Å². The molecule has 1 N–H and O–H groups in total. The molecule has 0 fully saturated rings. The summed E-state index contributed by atoms with van der Waals surface area (Å²) in [6, 6.07) is 14.3. The van der Waals surface area contributed by atoms with E-state index in [-0.39, 0.29) is 0 Å². The van der Waals surface area contributed by atoms with Crippen molar-refractivity contribution in [3.63, 3.8) is 0 Å². The number of fused-ring (bicyclic) bond motifs is 2. The lowest BCUT2D eigenvalue weighted by Crippen LogP contribution is -2.40. The largest absolute Gasteiger partial charge is 0.412 e. The molecule has 3 aromatic rings. The Bertz CT molecular complexity index is 1030. The zero-order valence-electron chi connectivity index (χ0n) is 17.8. The van der Waals surface area contributed by atoms with Gasteiger partial charge >= 0.3 is 6.09 Å². The van der Waals surface area contributed by atoms with Crippen LogP contribution in [-0.4, -0.2) is 41.7 Å². The number of amides is 1. The van der Waals surface area contributed by atoms with Gasteiger partial charge in [-0.15, -0.1) is 17.9 Å². The van der Waals surface area contributed by atoms with Crippen molar-refractivity contribution in [2.24, 2.45) is 0 Å². The van der Waals surface area contributed by atoms with Crippen LogP contribution in [0.4, 0.5) is 4.79 Å². The van der Waals surface area contributed by atoms with Gasteiger partial charge in [0, 0.05) is 24.0 Å². The van der Waals surface area contributed by atoms with Gasteiger partial charge in [-0.1, -0.05) is 36.4 Å². The Morgan fingerprint density at radius 1 is 1.26 bits per heavy atom. The van der Waals surface area contributed by atoms with E-state index in [0.29, 0.717) is 18.3 Å². The summed E-state index contributed by atoms with van der Waals surface area (Å²) >= 11 is 1.78. The summed E-state index contributed by atoms with van der Waals surface area (Å²) < 4.78 is 5.43. The molecule has 1 amide bonds.